The molecule has 4 rings (SSSR count). The van der Waals surface area contributed by atoms with Crippen molar-refractivity contribution in [2.75, 3.05) is 32.2 Å². The van der Waals surface area contributed by atoms with Crippen LogP contribution in [0.3, 0.4) is 0 Å². The number of hydrogen-bond acceptors (Lipinski definition) is 7. The van der Waals surface area contributed by atoms with Crippen LogP contribution in [0.4, 0.5) is 5.13 Å². The molecule has 0 saturated heterocycles. The quantitative estimate of drug-likeness (QED) is 0.272. The molecule has 0 aliphatic carbocycles. The van der Waals surface area contributed by atoms with Crippen LogP contribution >= 0.6 is 11.5 Å². The number of hydrogen-bond donors (Lipinski definition) is 1. The van der Waals surface area contributed by atoms with Crippen molar-refractivity contribution >= 4 is 22.6 Å². The van der Waals surface area contributed by atoms with E-state index in [0.717, 1.165) is 22.1 Å². The Balaban J connectivity index is 1.34. The molecule has 0 fully saturated rings. The third-order valence-corrected chi connectivity index (χ3v) is 6.76. The number of aromatic nitrogens is 2. The first kappa shape index (κ1) is 26.2. The Labute approximate surface area is 222 Å². The van der Waals surface area contributed by atoms with Gasteiger partial charge in [-0.05, 0) is 35.2 Å². The largest absolute Gasteiger partial charge is 0.493 e. The first-order chi connectivity index (χ1) is 18.1. The molecule has 0 unspecified atom stereocenters. The number of carbonyl (C=O) groups is 1. The fraction of sp³-hybridized carbons (Fsp3) is 0.276. The van der Waals surface area contributed by atoms with E-state index in [1.165, 1.54) is 17.1 Å². The molecule has 4 aromatic rings. The Bertz CT molecular complexity index is 1260. The standard InChI is InChI=1S/C29H32N4O3S/c1-35-25-14-13-23(19-26(25)36-2)15-17-30-28(34)16-18-33(21-24-11-7-4-8-12-24)29-31-27(32-37-29)20-22-9-5-3-6-10-22/h3-14,19H,15-18,20-21H2,1-2H3,(H,30,34). The van der Waals surface area contributed by atoms with E-state index >= 15 is 0 Å². The van der Waals surface area contributed by atoms with Gasteiger partial charge in [-0.2, -0.15) is 4.37 Å². The number of methoxy groups -OCH3 is 2. The molecule has 1 heterocycles. The van der Waals surface area contributed by atoms with Gasteiger partial charge in [0.25, 0.3) is 0 Å². The molecule has 3 aromatic carbocycles. The van der Waals surface area contributed by atoms with Crippen molar-refractivity contribution in [3.63, 3.8) is 0 Å². The average molecular weight is 517 g/mol. The molecule has 0 bridgehead atoms. The van der Waals surface area contributed by atoms with E-state index in [2.05, 4.69) is 38.9 Å². The fourth-order valence-electron chi connectivity index (χ4n) is 3.98. The first-order valence-corrected chi connectivity index (χ1v) is 13.0. The zero-order valence-corrected chi connectivity index (χ0v) is 22.0. The second-order valence-electron chi connectivity index (χ2n) is 8.60. The molecule has 0 radical (unpaired) electrons. The number of nitrogens with one attached hydrogen (secondary N) is 1. The molecule has 192 valence electrons. The summed E-state index contributed by atoms with van der Waals surface area (Å²) in [6, 6.07) is 26.2. The summed E-state index contributed by atoms with van der Waals surface area (Å²) in [5.74, 6) is 2.18. The van der Waals surface area contributed by atoms with E-state index in [1.54, 1.807) is 14.2 Å². The minimum absolute atomic E-state index is 0.00700. The Kier molecular flexibility index (Phi) is 9.48. The van der Waals surface area contributed by atoms with Crippen LogP contribution in [0.5, 0.6) is 11.5 Å². The maximum absolute atomic E-state index is 12.7. The van der Waals surface area contributed by atoms with Crippen molar-refractivity contribution < 1.29 is 14.3 Å². The Morgan fingerprint density at radius 1 is 0.892 bits per heavy atom. The van der Waals surface area contributed by atoms with Gasteiger partial charge in [-0.15, -0.1) is 0 Å². The normalized spacial score (nSPS) is 10.6. The lowest BCUT2D eigenvalue weighted by Crippen LogP contribution is -2.31. The number of amides is 1. The highest BCUT2D eigenvalue weighted by molar-refractivity contribution is 7.09. The third kappa shape index (κ3) is 7.79. The Morgan fingerprint density at radius 2 is 1.59 bits per heavy atom. The molecule has 0 spiro atoms. The van der Waals surface area contributed by atoms with Crippen molar-refractivity contribution in [2.45, 2.75) is 25.8 Å². The van der Waals surface area contributed by atoms with Gasteiger partial charge in [0.05, 0.1) is 14.2 Å². The predicted octanol–water partition coefficient (Wildman–Crippen LogP) is 4.90. The van der Waals surface area contributed by atoms with Crippen molar-refractivity contribution in [1.29, 1.82) is 0 Å². The molecular weight excluding hydrogens is 484 g/mol. The van der Waals surface area contributed by atoms with E-state index in [1.807, 2.05) is 54.6 Å². The number of rotatable bonds is 13. The number of nitrogens with zero attached hydrogens (tertiary/aromatic N) is 3. The second kappa shape index (κ2) is 13.4. The molecule has 0 atom stereocenters. The summed E-state index contributed by atoms with van der Waals surface area (Å²) >= 11 is 1.38. The number of carbonyl (C=O) groups excluding carboxylic acids is 1. The highest BCUT2D eigenvalue weighted by atomic mass is 32.1. The predicted molar refractivity (Wildman–Crippen MR) is 148 cm³/mol. The molecule has 0 aliphatic heterocycles. The Hall–Kier alpha value is -3.91. The highest BCUT2D eigenvalue weighted by Crippen LogP contribution is 2.27. The molecule has 1 amide bonds. The molecule has 0 aliphatic rings. The number of ether oxygens (including phenoxy) is 2. The number of anilines is 1. The lowest BCUT2D eigenvalue weighted by atomic mass is 10.1. The summed E-state index contributed by atoms with van der Waals surface area (Å²) in [5.41, 5.74) is 3.41. The zero-order valence-electron chi connectivity index (χ0n) is 21.2. The first-order valence-electron chi connectivity index (χ1n) is 12.3. The minimum Gasteiger partial charge on any atom is -0.493 e. The summed E-state index contributed by atoms with van der Waals surface area (Å²) in [6.07, 6.45) is 1.76. The van der Waals surface area contributed by atoms with Gasteiger partial charge >= 0.3 is 0 Å². The summed E-state index contributed by atoms with van der Waals surface area (Å²) < 4.78 is 15.2. The number of benzene rings is 3. The van der Waals surface area contributed by atoms with Gasteiger partial charge in [-0.3, -0.25) is 4.79 Å². The Morgan fingerprint density at radius 3 is 2.30 bits per heavy atom. The zero-order chi connectivity index (χ0) is 25.9. The molecule has 1 N–H and O–H groups in total. The van der Waals surface area contributed by atoms with Gasteiger partial charge in [-0.1, -0.05) is 66.7 Å². The van der Waals surface area contributed by atoms with Crippen LogP contribution < -0.4 is 19.7 Å². The molecule has 8 heteroatoms. The molecular formula is C29H32N4O3S. The molecule has 37 heavy (non-hydrogen) atoms. The SMILES string of the molecule is COc1ccc(CCNC(=O)CCN(Cc2ccccc2)c2nc(Cc3ccccc3)ns2)cc1OC. The van der Waals surface area contributed by atoms with Crippen LogP contribution in [0.25, 0.3) is 0 Å². The topological polar surface area (TPSA) is 76.6 Å². The third-order valence-electron chi connectivity index (χ3n) is 5.94. The summed E-state index contributed by atoms with van der Waals surface area (Å²) in [6.45, 7) is 1.77. The van der Waals surface area contributed by atoms with E-state index in [-0.39, 0.29) is 5.91 Å². The maximum Gasteiger partial charge on any atom is 0.221 e. The van der Waals surface area contributed by atoms with Crippen LogP contribution in [0, 0.1) is 0 Å². The van der Waals surface area contributed by atoms with Crippen molar-refractivity contribution in [1.82, 2.24) is 14.7 Å². The summed E-state index contributed by atoms with van der Waals surface area (Å²) in [5, 5.41) is 3.86. The van der Waals surface area contributed by atoms with Crippen molar-refractivity contribution in [3.8, 4) is 11.5 Å². The highest BCUT2D eigenvalue weighted by Gasteiger charge is 2.15. The van der Waals surface area contributed by atoms with Gasteiger partial charge in [0.1, 0.15) is 5.82 Å². The minimum atomic E-state index is 0.00700. The van der Waals surface area contributed by atoms with E-state index < -0.39 is 0 Å². The molecule has 1 aromatic heterocycles. The van der Waals surface area contributed by atoms with E-state index in [0.29, 0.717) is 50.4 Å². The van der Waals surface area contributed by atoms with Gasteiger partial charge in [0.15, 0.2) is 11.5 Å². The van der Waals surface area contributed by atoms with Crippen LogP contribution in [-0.4, -0.2) is 42.6 Å². The van der Waals surface area contributed by atoms with Crippen LogP contribution in [0.1, 0.15) is 28.9 Å². The summed E-state index contributed by atoms with van der Waals surface area (Å²) in [4.78, 5) is 19.6. The maximum atomic E-state index is 12.7. The van der Waals surface area contributed by atoms with Gasteiger partial charge in [0.2, 0.25) is 11.0 Å². The molecule has 0 saturated carbocycles. The second-order valence-corrected chi connectivity index (χ2v) is 9.33. The van der Waals surface area contributed by atoms with Crippen LogP contribution in [0.2, 0.25) is 0 Å². The van der Waals surface area contributed by atoms with Crippen LogP contribution in [-0.2, 0) is 24.2 Å². The summed E-state index contributed by atoms with van der Waals surface area (Å²) in [7, 11) is 3.23. The van der Waals surface area contributed by atoms with Gasteiger partial charge in [-0.25, -0.2) is 4.98 Å². The monoisotopic (exact) mass is 516 g/mol. The lowest BCUT2D eigenvalue weighted by molar-refractivity contribution is -0.120. The smallest absolute Gasteiger partial charge is 0.221 e. The van der Waals surface area contributed by atoms with E-state index in [4.69, 9.17) is 14.5 Å². The van der Waals surface area contributed by atoms with Gasteiger partial charge < -0.3 is 19.7 Å². The molecule has 7 nitrogen and oxygen atoms in total. The van der Waals surface area contributed by atoms with Crippen LogP contribution in [0.15, 0.2) is 78.9 Å². The fourth-order valence-corrected chi connectivity index (χ4v) is 4.69. The van der Waals surface area contributed by atoms with Crippen molar-refractivity contribution in [2.24, 2.45) is 0 Å². The van der Waals surface area contributed by atoms with Crippen molar-refractivity contribution in [3.05, 3.63) is 101 Å². The van der Waals surface area contributed by atoms with Gasteiger partial charge in [0, 0.05) is 44.0 Å². The lowest BCUT2D eigenvalue weighted by Gasteiger charge is -2.21. The van der Waals surface area contributed by atoms with E-state index in [9.17, 15) is 4.79 Å². The average Bonchev–Trinajstić information content (AvgIpc) is 3.40.